The van der Waals surface area contributed by atoms with E-state index in [1.54, 1.807) is 24.3 Å². The lowest BCUT2D eigenvalue weighted by molar-refractivity contribution is -0.160. The number of likely N-dealkylation sites (tertiary alicyclic amines) is 1. The lowest BCUT2D eigenvalue weighted by Crippen LogP contribution is -2.72. The molecule has 0 radical (unpaired) electrons. The van der Waals surface area contributed by atoms with E-state index in [0.717, 1.165) is 12.8 Å². The molecule has 1 saturated heterocycles. The fourth-order valence-corrected chi connectivity index (χ4v) is 6.42. The quantitative estimate of drug-likeness (QED) is 0.190. The molecule has 0 spiro atoms. The van der Waals surface area contributed by atoms with Crippen LogP contribution in [0.4, 0.5) is 0 Å². The summed E-state index contributed by atoms with van der Waals surface area (Å²) in [6.07, 6.45) is 12.1. The van der Waals surface area contributed by atoms with Gasteiger partial charge < -0.3 is 14.8 Å². The molecule has 0 bridgehead atoms. The molecule has 1 aromatic carbocycles. The predicted molar refractivity (Wildman–Crippen MR) is 156 cm³/mol. The number of amides is 1. The van der Waals surface area contributed by atoms with Gasteiger partial charge >= 0.3 is 11.9 Å². The SMILES string of the molecule is CCCCCCCCCCCC(=O)OCCN1C(C)(C)CC(NC(=O)c2ccccc2)(C(=O)OC)CC1(C)C. The van der Waals surface area contributed by atoms with Crippen LogP contribution in [0.5, 0.6) is 0 Å². The van der Waals surface area contributed by atoms with E-state index >= 15 is 0 Å². The summed E-state index contributed by atoms with van der Waals surface area (Å²) in [4.78, 5) is 40.9. The number of piperidine rings is 1. The molecule has 0 aromatic heterocycles. The number of carbonyl (C=O) groups excluding carboxylic acids is 3. The van der Waals surface area contributed by atoms with Gasteiger partial charge in [-0.05, 0) is 59.1 Å². The number of unbranched alkanes of at least 4 members (excludes halogenated alkanes) is 8. The van der Waals surface area contributed by atoms with Crippen molar-refractivity contribution >= 4 is 17.8 Å². The van der Waals surface area contributed by atoms with Gasteiger partial charge in [-0.2, -0.15) is 0 Å². The van der Waals surface area contributed by atoms with Crippen LogP contribution in [0.15, 0.2) is 30.3 Å². The van der Waals surface area contributed by atoms with Crippen LogP contribution in [0.1, 0.15) is 122 Å². The molecule has 0 atom stereocenters. The van der Waals surface area contributed by atoms with Crippen molar-refractivity contribution < 1.29 is 23.9 Å². The number of carbonyl (C=O) groups is 3. The average molecular weight is 545 g/mol. The van der Waals surface area contributed by atoms with Crippen LogP contribution >= 0.6 is 0 Å². The Labute approximate surface area is 236 Å². The van der Waals surface area contributed by atoms with Crippen molar-refractivity contribution in [1.82, 2.24) is 10.2 Å². The number of benzene rings is 1. The Morgan fingerprint density at radius 2 is 1.38 bits per heavy atom. The van der Waals surface area contributed by atoms with Crippen molar-refractivity contribution in [2.75, 3.05) is 20.3 Å². The Balaban J connectivity index is 1.89. The molecule has 7 nitrogen and oxygen atoms in total. The molecule has 0 unspecified atom stereocenters. The van der Waals surface area contributed by atoms with Gasteiger partial charge in [-0.15, -0.1) is 0 Å². The maximum absolute atomic E-state index is 13.1. The molecule has 0 aliphatic carbocycles. The van der Waals surface area contributed by atoms with Gasteiger partial charge in [0.05, 0.1) is 7.11 Å². The molecule has 1 heterocycles. The number of nitrogens with zero attached hydrogens (tertiary/aromatic N) is 1. The van der Waals surface area contributed by atoms with Gasteiger partial charge in [0.15, 0.2) is 0 Å². The second-order valence-electron chi connectivity index (χ2n) is 12.3. The zero-order valence-corrected chi connectivity index (χ0v) is 25.3. The van der Waals surface area contributed by atoms with Crippen molar-refractivity contribution in [3.63, 3.8) is 0 Å². The Morgan fingerprint density at radius 3 is 1.92 bits per heavy atom. The van der Waals surface area contributed by atoms with E-state index < -0.39 is 22.6 Å². The minimum Gasteiger partial charge on any atom is -0.467 e. The fraction of sp³-hybridized carbons (Fsp3) is 0.719. The van der Waals surface area contributed by atoms with Gasteiger partial charge in [0.2, 0.25) is 0 Å². The predicted octanol–water partition coefficient (Wildman–Crippen LogP) is 6.45. The molecule has 1 aromatic rings. The normalized spacial score (nSPS) is 17.8. The summed E-state index contributed by atoms with van der Waals surface area (Å²) in [6, 6.07) is 8.91. The van der Waals surface area contributed by atoms with E-state index in [-0.39, 0.29) is 11.9 Å². The molecule has 1 aliphatic heterocycles. The van der Waals surface area contributed by atoms with Crippen molar-refractivity contribution in [1.29, 1.82) is 0 Å². The summed E-state index contributed by atoms with van der Waals surface area (Å²) in [7, 11) is 1.36. The largest absolute Gasteiger partial charge is 0.467 e. The van der Waals surface area contributed by atoms with Crippen LogP contribution in [-0.4, -0.2) is 59.6 Å². The first kappa shape index (κ1) is 32.8. The molecule has 1 N–H and O–H groups in total. The second-order valence-corrected chi connectivity index (χ2v) is 12.3. The zero-order valence-electron chi connectivity index (χ0n) is 25.3. The van der Waals surface area contributed by atoms with Crippen LogP contribution in [0, 0.1) is 0 Å². The molecule has 7 heteroatoms. The van der Waals surface area contributed by atoms with E-state index in [4.69, 9.17) is 9.47 Å². The topological polar surface area (TPSA) is 84.9 Å². The van der Waals surface area contributed by atoms with E-state index in [1.165, 1.54) is 52.1 Å². The maximum atomic E-state index is 13.1. The van der Waals surface area contributed by atoms with E-state index in [0.29, 0.717) is 38.0 Å². The number of rotatable bonds is 16. The van der Waals surface area contributed by atoms with Gasteiger partial charge in [-0.1, -0.05) is 76.5 Å². The highest BCUT2D eigenvalue weighted by Gasteiger charge is 2.57. The molecule has 1 aliphatic rings. The average Bonchev–Trinajstić information content (AvgIpc) is 2.88. The summed E-state index contributed by atoms with van der Waals surface area (Å²) in [5.41, 5.74) is -1.61. The lowest BCUT2D eigenvalue weighted by atomic mass is 9.68. The summed E-state index contributed by atoms with van der Waals surface area (Å²) in [5.74, 6) is -0.893. The Bertz CT molecular complexity index is 894. The molecule has 2 rings (SSSR count). The number of hydrogen-bond acceptors (Lipinski definition) is 6. The van der Waals surface area contributed by atoms with Gasteiger partial charge in [0.1, 0.15) is 12.1 Å². The smallest absolute Gasteiger partial charge is 0.331 e. The maximum Gasteiger partial charge on any atom is 0.331 e. The van der Waals surface area contributed by atoms with Crippen LogP contribution in [0.2, 0.25) is 0 Å². The number of nitrogens with one attached hydrogen (secondary N) is 1. The number of esters is 2. The van der Waals surface area contributed by atoms with Crippen molar-refractivity contribution in [3.8, 4) is 0 Å². The van der Waals surface area contributed by atoms with E-state index in [2.05, 4.69) is 44.8 Å². The Morgan fingerprint density at radius 1 is 0.846 bits per heavy atom. The van der Waals surface area contributed by atoms with Gasteiger partial charge in [-0.3, -0.25) is 14.5 Å². The van der Waals surface area contributed by atoms with E-state index in [9.17, 15) is 14.4 Å². The van der Waals surface area contributed by atoms with Gasteiger partial charge in [-0.25, -0.2) is 4.79 Å². The molecule has 1 amide bonds. The first-order valence-electron chi connectivity index (χ1n) is 14.9. The van der Waals surface area contributed by atoms with Crippen molar-refractivity contribution in [2.24, 2.45) is 0 Å². The van der Waals surface area contributed by atoms with Gasteiger partial charge in [0.25, 0.3) is 5.91 Å². The highest BCUT2D eigenvalue weighted by atomic mass is 16.5. The molecule has 1 fully saturated rings. The standard InChI is InChI=1S/C32H52N2O5/c1-7-8-9-10-11-12-13-14-18-21-27(35)39-23-22-34-30(2,3)24-32(29(37)38-6,25-31(34,4)5)33-28(36)26-19-16-15-17-20-26/h15-17,19-20H,7-14,18,21-25H2,1-6H3,(H,33,36). The highest BCUT2D eigenvalue weighted by molar-refractivity contribution is 5.98. The molecular weight excluding hydrogens is 492 g/mol. The Kier molecular flexibility index (Phi) is 12.9. The van der Waals surface area contributed by atoms with Gasteiger partial charge in [0, 0.05) is 29.6 Å². The van der Waals surface area contributed by atoms with Crippen LogP contribution in [0.3, 0.4) is 0 Å². The van der Waals surface area contributed by atoms with Crippen molar-refractivity contribution in [3.05, 3.63) is 35.9 Å². The zero-order chi connectivity index (χ0) is 28.9. The monoisotopic (exact) mass is 544 g/mol. The summed E-state index contributed by atoms with van der Waals surface area (Å²) < 4.78 is 10.8. The highest BCUT2D eigenvalue weighted by Crippen LogP contribution is 2.44. The molecular formula is C32H52N2O5. The van der Waals surface area contributed by atoms with E-state index in [1.807, 2.05) is 6.07 Å². The molecule has 39 heavy (non-hydrogen) atoms. The lowest BCUT2D eigenvalue weighted by Gasteiger charge is -2.58. The summed E-state index contributed by atoms with van der Waals surface area (Å²) in [6.45, 7) is 11.3. The summed E-state index contributed by atoms with van der Waals surface area (Å²) in [5, 5.41) is 3.03. The second kappa shape index (κ2) is 15.4. The summed E-state index contributed by atoms with van der Waals surface area (Å²) >= 11 is 0. The fourth-order valence-electron chi connectivity index (χ4n) is 6.42. The number of ether oxygens (including phenoxy) is 2. The van der Waals surface area contributed by atoms with Crippen LogP contribution in [0.25, 0.3) is 0 Å². The third-order valence-corrected chi connectivity index (χ3v) is 7.96. The third kappa shape index (κ3) is 9.93. The van der Waals surface area contributed by atoms with Crippen LogP contribution in [-0.2, 0) is 19.1 Å². The molecule has 220 valence electrons. The minimum absolute atomic E-state index is 0.149. The first-order valence-corrected chi connectivity index (χ1v) is 14.9. The molecule has 0 saturated carbocycles. The third-order valence-electron chi connectivity index (χ3n) is 7.96. The Hall–Kier alpha value is -2.41. The number of hydrogen-bond donors (Lipinski definition) is 1. The first-order chi connectivity index (χ1) is 18.5. The number of methoxy groups -OCH3 is 1. The van der Waals surface area contributed by atoms with Crippen LogP contribution < -0.4 is 5.32 Å². The minimum atomic E-state index is -1.17. The van der Waals surface area contributed by atoms with Crippen molar-refractivity contribution in [2.45, 2.75) is 128 Å².